The number of halogens is 1. The van der Waals surface area contributed by atoms with Crippen LogP contribution in [0.25, 0.3) is 0 Å². The van der Waals surface area contributed by atoms with Crippen LogP contribution in [-0.2, 0) is 26.2 Å². The van der Waals surface area contributed by atoms with Gasteiger partial charge in [0.25, 0.3) is 0 Å². The van der Waals surface area contributed by atoms with Gasteiger partial charge in [-0.25, -0.2) is 8.42 Å². The number of hydrogen-bond donors (Lipinski definition) is 1. The number of nitrogens with zero attached hydrogens (tertiary/aromatic N) is 2. The Morgan fingerprint density at radius 2 is 1.58 bits per heavy atom. The molecule has 0 spiro atoms. The Kier molecular flexibility index (Phi) is 8.61. The van der Waals surface area contributed by atoms with Crippen LogP contribution in [0.2, 0.25) is 5.02 Å². The van der Waals surface area contributed by atoms with Gasteiger partial charge in [-0.1, -0.05) is 41.9 Å². The van der Waals surface area contributed by atoms with Crippen molar-refractivity contribution in [2.75, 3.05) is 13.6 Å². The summed E-state index contributed by atoms with van der Waals surface area (Å²) in [6.45, 7) is 5.07. The van der Waals surface area contributed by atoms with Gasteiger partial charge in [0.1, 0.15) is 6.04 Å². The minimum absolute atomic E-state index is 0.0346. The molecule has 1 unspecified atom stereocenters. The first-order chi connectivity index (χ1) is 14.5. The topological polar surface area (TPSA) is 86.8 Å². The smallest absolute Gasteiger partial charge is 0.243 e. The number of benzene rings is 2. The van der Waals surface area contributed by atoms with Gasteiger partial charge in [0, 0.05) is 24.7 Å². The highest BCUT2D eigenvalue weighted by Crippen LogP contribution is 2.18. The Labute approximate surface area is 189 Å². The van der Waals surface area contributed by atoms with Crippen LogP contribution in [0.4, 0.5) is 0 Å². The summed E-state index contributed by atoms with van der Waals surface area (Å²) in [6.07, 6.45) is 0. The molecule has 1 atom stereocenters. The summed E-state index contributed by atoms with van der Waals surface area (Å²) in [6, 6.07) is 14.1. The van der Waals surface area contributed by atoms with Crippen molar-refractivity contribution in [3.8, 4) is 0 Å². The van der Waals surface area contributed by atoms with E-state index in [1.165, 1.54) is 36.2 Å². The van der Waals surface area contributed by atoms with Gasteiger partial charge in [-0.15, -0.1) is 0 Å². The van der Waals surface area contributed by atoms with Crippen molar-refractivity contribution in [2.24, 2.45) is 0 Å². The van der Waals surface area contributed by atoms with Crippen molar-refractivity contribution < 1.29 is 18.0 Å². The lowest BCUT2D eigenvalue weighted by Crippen LogP contribution is -2.51. The number of likely N-dealkylation sites (N-methyl/N-ethyl adjacent to an activating group) is 1. The molecule has 0 aliphatic rings. The Bertz CT molecular complexity index is 995. The fraction of sp³-hybridized carbons (Fsp3) is 0.364. The molecule has 2 aromatic rings. The second kappa shape index (κ2) is 10.7. The summed E-state index contributed by atoms with van der Waals surface area (Å²) in [5, 5.41) is 3.21. The van der Waals surface area contributed by atoms with Crippen LogP contribution in [-0.4, -0.2) is 55.1 Å². The largest absolute Gasteiger partial charge is 0.352 e. The lowest BCUT2D eigenvalue weighted by atomic mass is 10.1. The third-order valence-electron chi connectivity index (χ3n) is 4.67. The van der Waals surface area contributed by atoms with E-state index in [-0.39, 0.29) is 23.4 Å². The average molecular weight is 466 g/mol. The molecule has 0 aliphatic carbocycles. The van der Waals surface area contributed by atoms with Crippen LogP contribution in [0.3, 0.4) is 0 Å². The van der Waals surface area contributed by atoms with Gasteiger partial charge in [0.05, 0.1) is 11.4 Å². The molecule has 168 valence electrons. The Morgan fingerprint density at radius 1 is 1.00 bits per heavy atom. The van der Waals surface area contributed by atoms with Crippen molar-refractivity contribution in [2.45, 2.75) is 44.3 Å². The van der Waals surface area contributed by atoms with Gasteiger partial charge in [0.15, 0.2) is 0 Å². The highest BCUT2D eigenvalue weighted by Gasteiger charge is 2.30. The fourth-order valence-corrected chi connectivity index (χ4v) is 4.17. The Hall–Kier alpha value is -2.42. The van der Waals surface area contributed by atoms with E-state index in [0.717, 1.165) is 9.87 Å². The number of carbonyl (C=O) groups excluding carboxylic acids is 2. The first kappa shape index (κ1) is 24.8. The molecule has 2 amide bonds. The van der Waals surface area contributed by atoms with Crippen LogP contribution >= 0.6 is 11.6 Å². The van der Waals surface area contributed by atoms with Crippen LogP contribution in [0, 0.1) is 0 Å². The van der Waals surface area contributed by atoms with Crippen molar-refractivity contribution in [3.63, 3.8) is 0 Å². The molecule has 2 aromatic carbocycles. The standard InChI is InChI=1S/C22H28ClN3O4S/c1-16(2)24-22(28)17(3)26(14-18-8-6-5-7-9-18)21(27)15-25(4)31(29,30)20-12-10-19(23)11-13-20/h5-13,16-17H,14-15H2,1-4H3,(H,24,28). The zero-order valence-corrected chi connectivity index (χ0v) is 19.7. The third-order valence-corrected chi connectivity index (χ3v) is 6.74. The van der Waals surface area contributed by atoms with E-state index in [1.807, 2.05) is 44.2 Å². The molecule has 31 heavy (non-hydrogen) atoms. The lowest BCUT2D eigenvalue weighted by molar-refractivity contribution is -0.140. The summed E-state index contributed by atoms with van der Waals surface area (Å²) >= 11 is 5.84. The molecule has 0 aliphatic heterocycles. The van der Waals surface area contributed by atoms with Gasteiger partial charge in [-0.2, -0.15) is 4.31 Å². The van der Waals surface area contributed by atoms with Gasteiger partial charge in [-0.05, 0) is 50.6 Å². The van der Waals surface area contributed by atoms with E-state index in [0.29, 0.717) is 5.02 Å². The summed E-state index contributed by atoms with van der Waals surface area (Å²) in [5.41, 5.74) is 0.836. The summed E-state index contributed by atoms with van der Waals surface area (Å²) in [7, 11) is -2.56. The van der Waals surface area contributed by atoms with Crippen LogP contribution < -0.4 is 5.32 Å². The van der Waals surface area contributed by atoms with Crippen LogP contribution in [0.1, 0.15) is 26.3 Å². The molecule has 0 aromatic heterocycles. The number of sulfonamides is 1. The zero-order chi connectivity index (χ0) is 23.2. The maximum Gasteiger partial charge on any atom is 0.243 e. The average Bonchev–Trinajstić information content (AvgIpc) is 2.72. The Morgan fingerprint density at radius 3 is 2.13 bits per heavy atom. The molecule has 2 rings (SSSR count). The lowest BCUT2D eigenvalue weighted by Gasteiger charge is -2.30. The molecule has 0 heterocycles. The highest BCUT2D eigenvalue weighted by molar-refractivity contribution is 7.89. The molecular formula is C22H28ClN3O4S. The van der Waals surface area contributed by atoms with Crippen molar-refractivity contribution in [1.29, 1.82) is 0 Å². The van der Waals surface area contributed by atoms with E-state index < -0.39 is 28.5 Å². The predicted molar refractivity (Wildman–Crippen MR) is 121 cm³/mol. The predicted octanol–water partition coefficient (Wildman–Crippen LogP) is 2.90. The second-order valence-electron chi connectivity index (χ2n) is 7.56. The summed E-state index contributed by atoms with van der Waals surface area (Å²) < 4.78 is 26.7. The number of amides is 2. The van der Waals surface area contributed by atoms with Gasteiger partial charge in [0.2, 0.25) is 21.8 Å². The van der Waals surface area contributed by atoms with Gasteiger partial charge >= 0.3 is 0 Å². The van der Waals surface area contributed by atoms with Crippen molar-refractivity contribution in [3.05, 3.63) is 65.2 Å². The fourth-order valence-electron chi connectivity index (χ4n) is 2.92. The molecule has 0 saturated carbocycles. The van der Waals surface area contributed by atoms with E-state index in [1.54, 1.807) is 6.92 Å². The van der Waals surface area contributed by atoms with Gasteiger partial charge in [-0.3, -0.25) is 9.59 Å². The molecule has 0 bridgehead atoms. The molecule has 0 fully saturated rings. The monoisotopic (exact) mass is 465 g/mol. The molecule has 9 heteroatoms. The normalized spacial score (nSPS) is 12.6. The first-order valence-electron chi connectivity index (χ1n) is 9.88. The number of hydrogen-bond acceptors (Lipinski definition) is 4. The minimum atomic E-state index is -3.90. The second-order valence-corrected chi connectivity index (χ2v) is 10.0. The number of carbonyl (C=O) groups is 2. The third kappa shape index (κ3) is 6.78. The van der Waals surface area contributed by atoms with Crippen molar-refractivity contribution in [1.82, 2.24) is 14.5 Å². The van der Waals surface area contributed by atoms with Gasteiger partial charge < -0.3 is 10.2 Å². The maximum atomic E-state index is 13.1. The highest BCUT2D eigenvalue weighted by atomic mass is 35.5. The SMILES string of the molecule is CC(C)NC(=O)C(C)N(Cc1ccccc1)C(=O)CN(C)S(=O)(=O)c1ccc(Cl)cc1. The summed E-state index contributed by atoms with van der Waals surface area (Å²) in [5.74, 6) is -0.780. The molecule has 0 radical (unpaired) electrons. The molecular weight excluding hydrogens is 438 g/mol. The minimum Gasteiger partial charge on any atom is -0.352 e. The number of nitrogens with one attached hydrogen (secondary N) is 1. The van der Waals surface area contributed by atoms with Crippen molar-refractivity contribution >= 4 is 33.4 Å². The number of rotatable bonds is 9. The van der Waals surface area contributed by atoms with Crippen LogP contribution in [0.15, 0.2) is 59.5 Å². The quantitative estimate of drug-likeness (QED) is 0.616. The molecule has 1 N–H and O–H groups in total. The zero-order valence-electron chi connectivity index (χ0n) is 18.1. The van der Waals surface area contributed by atoms with E-state index >= 15 is 0 Å². The molecule has 7 nitrogen and oxygen atoms in total. The maximum absolute atomic E-state index is 13.1. The Balaban J connectivity index is 2.24. The van der Waals surface area contributed by atoms with E-state index in [9.17, 15) is 18.0 Å². The first-order valence-corrected chi connectivity index (χ1v) is 11.7. The van der Waals surface area contributed by atoms with E-state index in [2.05, 4.69) is 5.32 Å². The van der Waals surface area contributed by atoms with E-state index in [4.69, 9.17) is 11.6 Å². The molecule has 0 saturated heterocycles. The summed E-state index contributed by atoms with van der Waals surface area (Å²) in [4.78, 5) is 27.1. The van der Waals surface area contributed by atoms with Crippen LogP contribution in [0.5, 0.6) is 0 Å².